The normalized spacial score (nSPS) is 12.0. The predicted molar refractivity (Wildman–Crippen MR) is 109 cm³/mol. The molecule has 3 rings (SSSR count). The number of nitrogens with one attached hydrogen (secondary N) is 1. The maximum atomic E-state index is 12.4. The molecule has 0 fully saturated rings. The number of carbonyl (C=O) groups excluding carboxylic acids is 2. The molecule has 0 saturated heterocycles. The van der Waals surface area contributed by atoms with Crippen LogP contribution in [0.4, 0.5) is 5.69 Å². The number of rotatable bonds is 8. The molecule has 1 aliphatic rings. The Bertz CT molecular complexity index is 881. The third-order valence-corrected chi connectivity index (χ3v) is 4.39. The summed E-state index contributed by atoms with van der Waals surface area (Å²) in [5.41, 5.74) is 1.54. The number of hydrogen-bond donors (Lipinski definition) is 1. The third-order valence-electron chi connectivity index (χ3n) is 4.39. The average molecular weight is 398 g/mol. The van der Waals surface area contributed by atoms with Crippen LogP contribution in [0, 0.1) is 0 Å². The lowest BCUT2D eigenvalue weighted by atomic mass is 10.2. The van der Waals surface area contributed by atoms with Gasteiger partial charge in [0.2, 0.25) is 18.6 Å². The first-order valence-corrected chi connectivity index (χ1v) is 9.62. The van der Waals surface area contributed by atoms with Gasteiger partial charge in [-0.3, -0.25) is 9.59 Å². The van der Waals surface area contributed by atoms with Crippen molar-refractivity contribution in [1.29, 1.82) is 0 Å². The van der Waals surface area contributed by atoms with Gasteiger partial charge in [-0.2, -0.15) is 0 Å². The van der Waals surface area contributed by atoms with E-state index in [2.05, 4.69) is 5.32 Å². The lowest BCUT2D eigenvalue weighted by Gasteiger charge is -2.21. The van der Waals surface area contributed by atoms with Gasteiger partial charge in [0, 0.05) is 26.4 Å². The number of para-hydroxylation sites is 2. The minimum absolute atomic E-state index is 0.00274. The van der Waals surface area contributed by atoms with Crippen molar-refractivity contribution in [1.82, 2.24) is 4.90 Å². The molecule has 7 nitrogen and oxygen atoms in total. The minimum atomic E-state index is -0.179. The van der Waals surface area contributed by atoms with Gasteiger partial charge in [-0.05, 0) is 43.7 Å². The van der Waals surface area contributed by atoms with Gasteiger partial charge >= 0.3 is 0 Å². The molecule has 0 bridgehead atoms. The average Bonchev–Trinajstić information content (AvgIpc) is 3.14. The first-order chi connectivity index (χ1) is 13.9. The Kier molecular flexibility index (Phi) is 6.59. The van der Waals surface area contributed by atoms with Crippen LogP contribution in [0.5, 0.6) is 17.2 Å². The molecule has 1 N–H and O–H groups in total. The summed E-state index contributed by atoms with van der Waals surface area (Å²) in [6, 6.07) is 12.9. The van der Waals surface area contributed by atoms with E-state index in [1.807, 2.05) is 50.2 Å². The number of fused-ring (bicyclic) bond motifs is 1. The number of anilines is 1. The smallest absolute Gasteiger partial charge is 0.231 e. The van der Waals surface area contributed by atoms with E-state index < -0.39 is 0 Å². The summed E-state index contributed by atoms with van der Waals surface area (Å²) in [5.74, 6) is 1.72. The van der Waals surface area contributed by atoms with Crippen LogP contribution in [0.25, 0.3) is 0 Å². The minimum Gasteiger partial charge on any atom is -0.489 e. The second-order valence-electron chi connectivity index (χ2n) is 7.09. The van der Waals surface area contributed by atoms with E-state index in [1.54, 1.807) is 11.0 Å². The molecule has 0 aromatic heterocycles. The summed E-state index contributed by atoms with van der Waals surface area (Å²) < 4.78 is 16.4. The number of ether oxygens (including phenoxy) is 3. The van der Waals surface area contributed by atoms with Gasteiger partial charge in [0.15, 0.2) is 11.5 Å². The van der Waals surface area contributed by atoms with Crippen molar-refractivity contribution < 1.29 is 23.8 Å². The summed E-state index contributed by atoms with van der Waals surface area (Å²) in [6.45, 7) is 6.27. The highest BCUT2D eigenvalue weighted by Gasteiger charge is 2.17. The van der Waals surface area contributed by atoms with Crippen molar-refractivity contribution in [3.8, 4) is 17.2 Å². The van der Waals surface area contributed by atoms with Crippen LogP contribution >= 0.6 is 0 Å². The molecule has 2 aromatic carbocycles. The van der Waals surface area contributed by atoms with E-state index >= 15 is 0 Å². The Morgan fingerprint density at radius 3 is 2.66 bits per heavy atom. The SMILES string of the molecule is CC(=O)N(CCC(=O)Nc1ccccc1OC(C)C)Cc1ccc2c(c1)OCO2. The summed E-state index contributed by atoms with van der Waals surface area (Å²) in [5, 5.41) is 2.87. The highest BCUT2D eigenvalue weighted by atomic mass is 16.7. The highest BCUT2D eigenvalue weighted by Crippen LogP contribution is 2.32. The summed E-state index contributed by atoms with van der Waals surface area (Å²) in [7, 11) is 0. The van der Waals surface area contributed by atoms with Gasteiger partial charge in [-0.1, -0.05) is 18.2 Å². The molecule has 0 unspecified atom stereocenters. The van der Waals surface area contributed by atoms with E-state index in [1.165, 1.54) is 6.92 Å². The lowest BCUT2D eigenvalue weighted by molar-refractivity contribution is -0.129. The first kappa shape index (κ1) is 20.5. The zero-order valence-corrected chi connectivity index (χ0v) is 16.9. The van der Waals surface area contributed by atoms with Crippen molar-refractivity contribution in [2.24, 2.45) is 0 Å². The molecule has 0 radical (unpaired) electrons. The molecule has 0 atom stereocenters. The maximum absolute atomic E-state index is 12.4. The van der Waals surface area contributed by atoms with Crippen LogP contribution < -0.4 is 19.5 Å². The molecule has 7 heteroatoms. The van der Waals surface area contributed by atoms with Gasteiger partial charge in [-0.25, -0.2) is 0 Å². The highest BCUT2D eigenvalue weighted by molar-refractivity contribution is 5.92. The Labute approximate surface area is 170 Å². The van der Waals surface area contributed by atoms with Crippen LogP contribution in [-0.2, 0) is 16.1 Å². The van der Waals surface area contributed by atoms with Crippen molar-refractivity contribution in [2.75, 3.05) is 18.7 Å². The zero-order valence-electron chi connectivity index (χ0n) is 16.9. The molecule has 2 amide bonds. The van der Waals surface area contributed by atoms with Gasteiger partial charge in [-0.15, -0.1) is 0 Å². The summed E-state index contributed by atoms with van der Waals surface area (Å²) in [4.78, 5) is 26.1. The van der Waals surface area contributed by atoms with Gasteiger partial charge in [0.25, 0.3) is 0 Å². The molecular weight excluding hydrogens is 372 g/mol. The van der Waals surface area contributed by atoms with Crippen LogP contribution in [0.15, 0.2) is 42.5 Å². The fraction of sp³-hybridized carbons (Fsp3) is 0.364. The molecule has 0 aliphatic carbocycles. The monoisotopic (exact) mass is 398 g/mol. The van der Waals surface area contributed by atoms with E-state index in [4.69, 9.17) is 14.2 Å². The van der Waals surface area contributed by atoms with Gasteiger partial charge in [0.05, 0.1) is 11.8 Å². The van der Waals surface area contributed by atoms with E-state index in [-0.39, 0.29) is 31.1 Å². The molecule has 1 aliphatic heterocycles. The zero-order chi connectivity index (χ0) is 20.8. The number of amides is 2. The number of nitrogens with zero attached hydrogens (tertiary/aromatic N) is 1. The molecule has 154 valence electrons. The van der Waals surface area contributed by atoms with Gasteiger partial charge in [0.1, 0.15) is 5.75 Å². The van der Waals surface area contributed by atoms with Crippen molar-refractivity contribution in [3.63, 3.8) is 0 Å². The van der Waals surface area contributed by atoms with Crippen molar-refractivity contribution >= 4 is 17.5 Å². The van der Waals surface area contributed by atoms with E-state index in [0.717, 1.165) is 5.56 Å². The Hall–Kier alpha value is -3.22. The lowest BCUT2D eigenvalue weighted by Crippen LogP contribution is -2.31. The molecule has 29 heavy (non-hydrogen) atoms. The second kappa shape index (κ2) is 9.32. The first-order valence-electron chi connectivity index (χ1n) is 9.62. The number of hydrogen-bond acceptors (Lipinski definition) is 5. The van der Waals surface area contributed by atoms with Crippen LogP contribution in [-0.4, -0.2) is 36.2 Å². The topological polar surface area (TPSA) is 77.1 Å². The molecule has 1 heterocycles. The fourth-order valence-corrected chi connectivity index (χ4v) is 2.98. The predicted octanol–water partition coefficient (Wildman–Crippen LogP) is 3.58. The standard InChI is InChI=1S/C22H26N2O5/c1-15(2)29-19-7-5-4-6-18(19)23-22(26)10-11-24(16(3)25)13-17-8-9-20-21(12-17)28-14-27-20/h4-9,12,15H,10-11,13-14H2,1-3H3,(H,23,26). The Morgan fingerprint density at radius 2 is 1.90 bits per heavy atom. The summed E-state index contributed by atoms with van der Waals surface area (Å²) >= 11 is 0. The maximum Gasteiger partial charge on any atom is 0.231 e. The largest absolute Gasteiger partial charge is 0.489 e. The molecule has 0 spiro atoms. The van der Waals surface area contributed by atoms with Crippen molar-refractivity contribution in [2.45, 2.75) is 39.8 Å². The third kappa shape index (κ3) is 5.63. The Morgan fingerprint density at radius 1 is 1.14 bits per heavy atom. The molecular formula is C22H26N2O5. The van der Waals surface area contributed by atoms with Crippen LogP contribution in [0.3, 0.4) is 0 Å². The van der Waals surface area contributed by atoms with Crippen LogP contribution in [0.2, 0.25) is 0 Å². The van der Waals surface area contributed by atoms with Gasteiger partial charge < -0.3 is 24.4 Å². The van der Waals surface area contributed by atoms with E-state index in [9.17, 15) is 9.59 Å². The van der Waals surface area contributed by atoms with Crippen LogP contribution in [0.1, 0.15) is 32.8 Å². The Balaban J connectivity index is 1.58. The number of benzene rings is 2. The summed E-state index contributed by atoms with van der Waals surface area (Å²) in [6.07, 6.45) is 0.183. The molecule has 2 aromatic rings. The quantitative estimate of drug-likeness (QED) is 0.735. The second-order valence-corrected chi connectivity index (χ2v) is 7.09. The molecule has 0 saturated carbocycles. The van der Waals surface area contributed by atoms with E-state index in [0.29, 0.717) is 36.0 Å². The fourth-order valence-electron chi connectivity index (χ4n) is 2.98. The van der Waals surface area contributed by atoms with Crippen molar-refractivity contribution in [3.05, 3.63) is 48.0 Å². The number of carbonyl (C=O) groups is 2.